The summed E-state index contributed by atoms with van der Waals surface area (Å²) in [4.78, 5) is 5.15. The molecule has 0 fully saturated rings. The number of benzene rings is 1. The van der Waals surface area contributed by atoms with E-state index in [0.717, 1.165) is 10.0 Å². The number of hydrogen-bond acceptors (Lipinski definition) is 4. The molecule has 2 rings (SSSR count). The first-order chi connectivity index (χ1) is 7.79. The zero-order valence-corrected chi connectivity index (χ0v) is 9.43. The summed E-state index contributed by atoms with van der Waals surface area (Å²) in [7, 11) is 0. The van der Waals surface area contributed by atoms with Gasteiger partial charge in [0.2, 0.25) is 0 Å². The summed E-state index contributed by atoms with van der Waals surface area (Å²) in [5.41, 5.74) is 6.11. The van der Waals surface area contributed by atoms with Gasteiger partial charge in [-0.15, -0.1) is 11.3 Å². The van der Waals surface area contributed by atoms with Crippen molar-refractivity contribution in [2.45, 2.75) is 13.1 Å². The Kier molecular flexibility index (Phi) is 3.48. The molecule has 3 nitrogen and oxygen atoms in total. The number of nitrogens with two attached hydrogens (primary N) is 1. The maximum atomic E-state index is 13.3. The molecule has 0 aliphatic rings. The predicted octanol–water partition coefficient (Wildman–Crippen LogP) is 2.35. The van der Waals surface area contributed by atoms with Crippen molar-refractivity contribution in [3.63, 3.8) is 0 Å². The fraction of sp³-hybridized carbons (Fsp3) is 0.182. The van der Waals surface area contributed by atoms with Gasteiger partial charge in [0.1, 0.15) is 5.82 Å². The molecular formula is C11H12FN3S. The number of anilines is 1. The Morgan fingerprint density at radius 3 is 2.88 bits per heavy atom. The average Bonchev–Trinajstić information content (AvgIpc) is 2.76. The Morgan fingerprint density at radius 1 is 1.38 bits per heavy atom. The van der Waals surface area contributed by atoms with E-state index in [1.807, 2.05) is 6.07 Å². The molecule has 0 aliphatic heterocycles. The first kappa shape index (κ1) is 11.0. The Hall–Kier alpha value is -1.46. The third-order valence-corrected chi connectivity index (χ3v) is 3.12. The fourth-order valence-corrected chi connectivity index (χ4v) is 1.98. The number of nitrogens with one attached hydrogen (secondary N) is 1. The molecule has 0 unspecified atom stereocenters. The van der Waals surface area contributed by atoms with Gasteiger partial charge >= 0.3 is 0 Å². The third kappa shape index (κ3) is 2.56. The molecule has 0 bridgehead atoms. The SMILES string of the molecule is NCc1cnc(NCc2ccccc2F)s1. The predicted molar refractivity (Wildman–Crippen MR) is 63.7 cm³/mol. The van der Waals surface area contributed by atoms with Gasteiger partial charge in [-0.25, -0.2) is 9.37 Å². The van der Waals surface area contributed by atoms with Crippen molar-refractivity contribution in [2.24, 2.45) is 5.73 Å². The lowest BCUT2D eigenvalue weighted by atomic mass is 10.2. The van der Waals surface area contributed by atoms with E-state index in [1.54, 1.807) is 18.3 Å². The highest BCUT2D eigenvalue weighted by Crippen LogP contribution is 2.18. The molecule has 0 aliphatic carbocycles. The van der Waals surface area contributed by atoms with E-state index in [4.69, 9.17) is 5.73 Å². The molecule has 5 heteroatoms. The lowest BCUT2D eigenvalue weighted by molar-refractivity contribution is 0.613. The molecule has 0 saturated heterocycles. The van der Waals surface area contributed by atoms with Crippen LogP contribution in [0.5, 0.6) is 0 Å². The number of nitrogens with zero attached hydrogens (tertiary/aromatic N) is 1. The van der Waals surface area contributed by atoms with Gasteiger partial charge in [0, 0.05) is 29.7 Å². The lowest BCUT2D eigenvalue weighted by Gasteiger charge is -2.03. The number of halogens is 1. The molecule has 0 radical (unpaired) electrons. The minimum Gasteiger partial charge on any atom is -0.357 e. The molecule has 0 saturated carbocycles. The molecule has 0 atom stereocenters. The molecule has 3 N–H and O–H groups in total. The number of aromatic nitrogens is 1. The topological polar surface area (TPSA) is 50.9 Å². The van der Waals surface area contributed by atoms with E-state index >= 15 is 0 Å². The van der Waals surface area contributed by atoms with Crippen LogP contribution in [0.1, 0.15) is 10.4 Å². The second kappa shape index (κ2) is 5.05. The molecule has 2 aromatic rings. The van der Waals surface area contributed by atoms with Gasteiger partial charge in [0.25, 0.3) is 0 Å². The fourth-order valence-electron chi connectivity index (χ4n) is 1.30. The molecule has 0 amide bonds. The average molecular weight is 237 g/mol. The zero-order chi connectivity index (χ0) is 11.4. The molecule has 16 heavy (non-hydrogen) atoms. The molecule has 84 valence electrons. The van der Waals surface area contributed by atoms with E-state index in [-0.39, 0.29) is 5.82 Å². The van der Waals surface area contributed by atoms with Crippen LogP contribution in [0.4, 0.5) is 9.52 Å². The second-order valence-electron chi connectivity index (χ2n) is 3.28. The minimum atomic E-state index is -0.203. The van der Waals surface area contributed by atoms with Gasteiger partial charge in [-0.3, -0.25) is 0 Å². The highest BCUT2D eigenvalue weighted by Gasteiger charge is 2.02. The maximum absolute atomic E-state index is 13.3. The van der Waals surface area contributed by atoms with Crippen molar-refractivity contribution in [2.75, 3.05) is 5.32 Å². The van der Waals surface area contributed by atoms with Crippen molar-refractivity contribution in [1.29, 1.82) is 0 Å². The van der Waals surface area contributed by atoms with Gasteiger partial charge in [-0.2, -0.15) is 0 Å². The van der Waals surface area contributed by atoms with Crippen LogP contribution in [0.2, 0.25) is 0 Å². The number of hydrogen-bond donors (Lipinski definition) is 2. The van der Waals surface area contributed by atoms with Gasteiger partial charge in [0.15, 0.2) is 5.13 Å². The van der Waals surface area contributed by atoms with Gasteiger partial charge in [-0.1, -0.05) is 18.2 Å². The number of rotatable bonds is 4. The van der Waals surface area contributed by atoms with Crippen molar-refractivity contribution in [3.05, 3.63) is 46.7 Å². The Labute approximate surface area is 97.1 Å². The van der Waals surface area contributed by atoms with Crippen LogP contribution in [0.3, 0.4) is 0 Å². The molecular weight excluding hydrogens is 225 g/mol. The maximum Gasteiger partial charge on any atom is 0.183 e. The van der Waals surface area contributed by atoms with Crippen molar-refractivity contribution >= 4 is 16.5 Å². The van der Waals surface area contributed by atoms with Crippen LogP contribution in [0.25, 0.3) is 0 Å². The van der Waals surface area contributed by atoms with Crippen molar-refractivity contribution < 1.29 is 4.39 Å². The van der Waals surface area contributed by atoms with Crippen LogP contribution in [-0.4, -0.2) is 4.98 Å². The summed E-state index contributed by atoms with van der Waals surface area (Å²) in [6.45, 7) is 0.920. The standard InChI is InChI=1S/C11H12FN3S/c12-10-4-2-1-3-8(10)6-14-11-15-7-9(5-13)16-11/h1-4,7H,5-6,13H2,(H,14,15). The first-order valence-electron chi connectivity index (χ1n) is 4.91. The van der Waals surface area contributed by atoms with Gasteiger partial charge in [-0.05, 0) is 6.07 Å². The van der Waals surface area contributed by atoms with Crippen LogP contribution < -0.4 is 11.1 Å². The van der Waals surface area contributed by atoms with Gasteiger partial charge in [0.05, 0.1) is 0 Å². The Morgan fingerprint density at radius 2 is 2.19 bits per heavy atom. The number of thiazole rings is 1. The van der Waals surface area contributed by atoms with Crippen LogP contribution in [-0.2, 0) is 13.1 Å². The summed E-state index contributed by atoms with van der Waals surface area (Å²) in [6, 6.07) is 6.69. The quantitative estimate of drug-likeness (QED) is 0.858. The summed E-state index contributed by atoms with van der Waals surface area (Å²) in [5, 5.41) is 3.84. The minimum absolute atomic E-state index is 0.203. The van der Waals surface area contributed by atoms with Crippen molar-refractivity contribution in [1.82, 2.24) is 4.98 Å². The summed E-state index contributed by atoms with van der Waals surface area (Å²) < 4.78 is 13.3. The Balaban J connectivity index is 1.99. The first-order valence-corrected chi connectivity index (χ1v) is 5.73. The molecule has 0 spiro atoms. The van der Waals surface area contributed by atoms with Crippen LogP contribution >= 0.6 is 11.3 Å². The highest BCUT2D eigenvalue weighted by atomic mass is 32.1. The second-order valence-corrected chi connectivity index (χ2v) is 4.40. The zero-order valence-electron chi connectivity index (χ0n) is 8.61. The van der Waals surface area contributed by atoms with Crippen LogP contribution in [0.15, 0.2) is 30.5 Å². The molecule has 1 aromatic heterocycles. The Bertz CT molecular complexity index is 470. The van der Waals surface area contributed by atoms with E-state index in [0.29, 0.717) is 18.7 Å². The largest absolute Gasteiger partial charge is 0.357 e. The lowest BCUT2D eigenvalue weighted by Crippen LogP contribution is -2.00. The third-order valence-electron chi connectivity index (χ3n) is 2.14. The van der Waals surface area contributed by atoms with Crippen LogP contribution in [0, 0.1) is 5.82 Å². The van der Waals surface area contributed by atoms with E-state index in [1.165, 1.54) is 17.4 Å². The van der Waals surface area contributed by atoms with E-state index in [9.17, 15) is 4.39 Å². The smallest absolute Gasteiger partial charge is 0.183 e. The summed E-state index contributed by atoms with van der Waals surface area (Å²) in [6.07, 6.45) is 1.73. The van der Waals surface area contributed by atoms with Gasteiger partial charge < -0.3 is 11.1 Å². The van der Waals surface area contributed by atoms with E-state index < -0.39 is 0 Å². The normalized spacial score (nSPS) is 10.4. The molecule has 1 aromatic carbocycles. The van der Waals surface area contributed by atoms with E-state index in [2.05, 4.69) is 10.3 Å². The molecule has 1 heterocycles. The highest BCUT2D eigenvalue weighted by molar-refractivity contribution is 7.15. The summed E-state index contributed by atoms with van der Waals surface area (Å²) in [5.74, 6) is -0.203. The summed E-state index contributed by atoms with van der Waals surface area (Å²) >= 11 is 1.49. The van der Waals surface area contributed by atoms with Crippen molar-refractivity contribution in [3.8, 4) is 0 Å². The monoisotopic (exact) mass is 237 g/mol.